The summed E-state index contributed by atoms with van der Waals surface area (Å²) in [5.74, 6) is 0. The second-order valence-electron chi connectivity index (χ2n) is 7.35. The molecule has 1 aliphatic rings. The number of rotatable bonds is 11. The number of hydrogen-bond donors (Lipinski definition) is 0. The van der Waals surface area contributed by atoms with E-state index >= 15 is 0 Å². The van der Waals surface area contributed by atoms with Crippen LogP contribution < -0.4 is 17.0 Å². The molecule has 0 saturated carbocycles. The van der Waals surface area contributed by atoms with Crippen LogP contribution in [-0.2, 0) is 16.0 Å². The molecule has 0 aromatic heterocycles. The van der Waals surface area contributed by atoms with Crippen LogP contribution in [0.25, 0.3) is 0 Å². The van der Waals surface area contributed by atoms with Gasteiger partial charge in [0.15, 0.2) is 0 Å². The zero-order valence-electron chi connectivity index (χ0n) is 17.7. The Morgan fingerprint density at radius 3 is 2.14 bits per heavy atom. The topological polar surface area (TPSA) is 21.7 Å². The van der Waals surface area contributed by atoms with Crippen molar-refractivity contribution in [3.63, 3.8) is 0 Å². The first-order chi connectivity index (χ1) is 13.2. The molecule has 0 aliphatic carbocycles. The molecule has 3 atom stereocenters. The van der Waals surface area contributed by atoms with E-state index in [1.807, 2.05) is 7.11 Å². The monoisotopic (exact) mass is 550 g/mol. The van der Waals surface area contributed by atoms with Crippen molar-refractivity contribution in [2.75, 3.05) is 14.2 Å². The number of nitrogens with zero attached hydrogens (tertiary/aromatic N) is 1. The van der Waals surface area contributed by atoms with Gasteiger partial charge < -0.3 is 17.0 Å². The molecular formula is C23H34BrInNO2-. The van der Waals surface area contributed by atoms with E-state index in [1.54, 1.807) is 7.11 Å². The predicted octanol–water partition coefficient (Wildman–Crippen LogP) is 1.49. The number of methoxy groups -OCH3 is 2. The van der Waals surface area contributed by atoms with Gasteiger partial charge in [0.1, 0.15) is 0 Å². The van der Waals surface area contributed by atoms with E-state index in [0.717, 1.165) is 25.8 Å². The summed E-state index contributed by atoms with van der Waals surface area (Å²) in [5.41, 5.74) is 2.66. The number of allylic oxidation sites excluding steroid dienone is 4. The Kier molecular flexibility index (Phi) is 13.2. The largest absolute Gasteiger partial charge is 1.00 e. The molecule has 0 fully saturated rings. The molecular weight excluding hydrogens is 517 g/mol. The van der Waals surface area contributed by atoms with Crippen molar-refractivity contribution in [3.05, 3.63) is 72.1 Å². The molecule has 0 saturated heterocycles. The maximum atomic E-state index is 5.71. The van der Waals surface area contributed by atoms with Crippen molar-refractivity contribution in [1.29, 1.82) is 0 Å². The SMILES string of the molecule is CCCC(OC)C(CC[CH]([InH2])C=C1C=CN(Cc2ccccc2)C=C1)OC.[Br-]. The first-order valence-electron chi connectivity index (χ1n) is 10.1. The molecule has 0 amide bonds. The summed E-state index contributed by atoms with van der Waals surface area (Å²) in [6, 6.07) is 10.6. The first kappa shape index (κ1) is 25.5. The Bertz CT molecular complexity index is 617. The van der Waals surface area contributed by atoms with Gasteiger partial charge in [-0.3, -0.25) is 0 Å². The van der Waals surface area contributed by atoms with Gasteiger partial charge >= 0.3 is 180 Å². The second-order valence-corrected chi connectivity index (χ2v) is 11.6. The van der Waals surface area contributed by atoms with E-state index < -0.39 is 0 Å². The molecule has 1 aromatic carbocycles. The van der Waals surface area contributed by atoms with Crippen LogP contribution in [0.4, 0.5) is 0 Å². The van der Waals surface area contributed by atoms with E-state index in [-0.39, 0.29) is 29.2 Å². The Morgan fingerprint density at radius 1 is 0.964 bits per heavy atom. The fraction of sp³-hybridized carbons (Fsp3) is 0.478. The van der Waals surface area contributed by atoms with Crippen LogP contribution in [0.1, 0.15) is 38.2 Å². The van der Waals surface area contributed by atoms with Crippen molar-refractivity contribution in [1.82, 2.24) is 4.90 Å². The summed E-state index contributed by atoms with van der Waals surface area (Å²) in [7, 11) is 3.61. The van der Waals surface area contributed by atoms with Crippen LogP contribution >= 0.6 is 0 Å². The van der Waals surface area contributed by atoms with Gasteiger partial charge in [-0.15, -0.1) is 0 Å². The van der Waals surface area contributed by atoms with E-state index in [4.69, 9.17) is 9.47 Å². The molecule has 28 heavy (non-hydrogen) atoms. The van der Waals surface area contributed by atoms with E-state index in [9.17, 15) is 0 Å². The van der Waals surface area contributed by atoms with Crippen LogP contribution in [-0.4, -0.2) is 55.7 Å². The second kappa shape index (κ2) is 14.5. The Balaban J connectivity index is 0.00000392. The van der Waals surface area contributed by atoms with Gasteiger partial charge in [-0.05, 0) is 0 Å². The fourth-order valence-electron chi connectivity index (χ4n) is 3.51. The number of hydrogen-bond acceptors (Lipinski definition) is 3. The maximum Gasteiger partial charge on any atom is -1.00 e. The van der Waals surface area contributed by atoms with E-state index in [2.05, 4.69) is 72.8 Å². The number of halogens is 1. The average molecular weight is 551 g/mol. The standard InChI is InChI=1S/C23H32NO2.BrH.In.2H/c1-4-10-22(25-2)23(26-3)14-9-8-11-20-15-17-24(18-16-20)19-21-12-6-5-7-13-21;;;;/h5-8,11-13,15-18,22-23H,4,9-10,14,19H2,1-3H3;1H;;;/p-1. The van der Waals surface area contributed by atoms with Crippen molar-refractivity contribution >= 4 is 24.4 Å². The molecule has 3 unspecified atom stereocenters. The van der Waals surface area contributed by atoms with E-state index in [0.29, 0.717) is 28.0 Å². The van der Waals surface area contributed by atoms with Crippen molar-refractivity contribution in [3.8, 4) is 0 Å². The molecule has 1 aromatic rings. The number of benzene rings is 1. The van der Waals surface area contributed by atoms with Crippen molar-refractivity contribution in [2.24, 2.45) is 0 Å². The summed E-state index contributed by atoms with van der Waals surface area (Å²) in [4.78, 5) is 2.23. The zero-order chi connectivity index (χ0) is 19.5. The maximum absolute atomic E-state index is 5.71. The van der Waals surface area contributed by atoms with Gasteiger partial charge in [-0.2, -0.15) is 0 Å². The van der Waals surface area contributed by atoms with Crippen molar-refractivity contribution in [2.45, 2.75) is 55.0 Å². The minimum atomic E-state index is 0. The summed E-state index contributed by atoms with van der Waals surface area (Å²) < 4.78 is 12.1. The third kappa shape index (κ3) is 8.89. The fourth-order valence-corrected chi connectivity index (χ4v) is 5.56. The summed E-state index contributed by atoms with van der Waals surface area (Å²) >= 11 is 0.576. The predicted molar refractivity (Wildman–Crippen MR) is 116 cm³/mol. The smallest absolute Gasteiger partial charge is 1.00 e. The van der Waals surface area contributed by atoms with Gasteiger partial charge in [-0.1, -0.05) is 0 Å². The molecule has 3 nitrogen and oxygen atoms in total. The summed E-state index contributed by atoms with van der Waals surface area (Å²) in [6.45, 7) is 3.12. The molecule has 0 bridgehead atoms. The Morgan fingerprint density at radius 2 is 1.57 bits per heavy atom. The Hall–Kier alpha value is -0.490. The summed E-state index contributed by atoms with van der Waals surface area (Å²) in [6.07, 6.45) is 16.2. The van der Waals surface area contributed by atoms with Crippen LogP contribution in [0.15, 0.2) is 66.5 Å². The first-order valence-corrected chi connectivity index (χ1v) is 13.4. The van der Waals surface area contributed by atoms with Crippen LogP contribution in [0.3, 0.4) is 0 Å². The average Bonchev–Trinajstić information content (AvgIpc) is 2.70. The van der Waals surface area contributed by atoms with Gasteiger partial charge in [0.05, 0.1) is 0 Å². The minimum Gasteiger partial charge on any atom is -1.00 e. The minimum absolute atomic E-state index is 0. The molecule has 2 rings (SSSR count). The van der Waals surface area contributed by atoms with Gasteiger partial charge in [-0.25, -0.2) is 0 Å². The van der Waals surface area contributed by atoms with Gasteiger partial charge in [0, 0.05) is 0 Å². The third-order valence-corrected chi connectivity index (χ3v) is 7.70. The van der Waals surface area contributed by atoms with Crippen LogP contribution in [0.5, 0.6) is 0 Å². The third-order valence-electron chi connectivity index (χ3n) is 5.10. The van der Waals surface area contributed by atoms with Gasteiger partial charge in [0.2, 0.25) is 0 Å². The van der Waals surface area contributed by atoms with Crippen LogP contribution in [0, 0.1) is 0 Å². The molecule has 0 radical (unpaired) electrons. The van der Waals surface area contributed by atoms with Crippen molar-refractivity contribution < 1.29 is 26.5 Å². The van der Waals surface area contributed by atoms with E-state index in [1.165, 1.54) is 17.6 Å². The van der Waals surface area contributed by atoms with Crippen LogP contribution in [0.2, 0.25) is 3.67 Å². The number of ether oxygens (including phenoxy) is 2. The molecule has 5 heteroatoms. The zero-order valence-corrected chi connectivity index (χ0v) is 25.0. The normalized spacial score (nSPS) is 16.4. The molecule has 0 spiro atoms. The molecule has 1 aliphatic heterocycles. The Labute approximate surface area is 196 Å². The summed E-state index contributed by atoms with van der Waals surface area (Å²) in [5, 5.41) is 0. The quantitative estimate of drug-likeness (QED) is 0.417. The van der Waals surface area contributed by atoms with Gasteiger partial charge in [0.25, 0.3) is 0 Å². The molecule has 154 valence electrons. The molecule has 1 heterocycles. The molecule has 0 N–H and O–H groups in total.